The van der Waals surface area contributed by atoms with Crippen LogP contribution in [0, 0.1) is 23.0 Å². The van der Waals surface area contributed by atoms with Gasteiger partial charge >= 0.3 is 0 Å². The number of nitrogens with one attached hydrogen (secondary N) is 2. The Bertz CT molecular complexity index is 757. The fourth-order valence-corrected chi connectivity index (χ4v) is 3.90. The number of hydrogen-bond donors (Lipinski definition) is 2. The molecule has 0 bridgehead atoms. The van der Waals surface area contributed by atoms with Crippen LogP contribution in [0.15, 0.2) is 18.2 Å². The number of halogens is 1. The van der Waals surface area contributed by atoms with Crippen molar-refractivity contribution in [3.8, 4) is 0 Å². The van der Waals surface area contributed by atoms with E-state index in [2.05, 4.69) is 17.6 Å². The van der Waals surface area contributed by atoms with Crippen molar-refractivity contribution in [2.45, 2.75) is 45.2 Å². The van der Waals surface area contributed by atoms with Crippen molar-refractivity contribution >= 4 is 29.9 Å². The van der Waals surface area contributed by atoms with Crippen LogP contribution in [-0.4, -0.2) is 53.4 Å². The third kappa shape index (κ3) is 4.62. The first kappa shape index (κ1) is 22.1. The minimum atomic E-state index is -0.484. The van der Waals surface area contributed by atoms with Crippen molar-refractivity contribution in [3.63, 3.8) is 0 Å². The van der Waals surface area contributed by atoms with E-state index in [1.807, 2.05) is 0 Å². The van der Waals surface area contributed by atoms with Crippen molar-refractivity contribution < 1.29 is 14.5 Å². The molecule has 0 aliphatic carbocycles. The molecule has 3 atom stereocenters. The third-order valence-corrected chi connectivity index (χ3v) is 5.61. The molecule has 2 aliphatic heterocycles. The van der Waals surface area contributed by atoms with Gasteiger partial charge in [-0.15, -0.1) is 12.4 Å². The highest BCUT2D eigenvalue weighted by atomic mass is 35.5. The normalized spacial score (nSPS) is 24.4. The van der Waals surface area contributed by atoms with Crippen LogP contribution < -0.4 is 10.6 Å². The summed E-state index contributed by atoms with van der Waals surface area (Å²) < 4.78 is 0. The number of rotatable bonds is 4. The standard InChI is InChI=1S/C19H26N4O4.ClH/c1-12-7-8-20-11-15(12)21-18(24)17-4-3-9-22(17)19(25)14-5-6-16(23(26)27)13(2)10-14;/h5-6,10,12,15,17,20H,3-4,7-9,11H2,1-2H3,(H,21,24);1H. The van der Waals surface area contributed by atoms with Crippen LogP contribution in [-0.2, 0) is 4.79 Å². The second kappa shape index (κ2) is 9.34. The van der Waals surface area contributed by atoms with E-state index in [9.17, 15) is 19.7 Å². The van der Waals surface area contributed by atoms with Gasteiger partial charge in [0.2, 0.25) is 5.91 Å². The molecular weight excluding hydrogens is 384 g/mol. The number of benzene rings is 1. The second-order valence-electron chi connectivity index (χ2n) is 7.50. The Balaban J connectivity index is 0.00000280. The summed E-state index contributed by atoms with van der Waals surface area (Å²) in [6, 6.07) is 3.94. The Kier molecular flexibility index (Phi) is 7.37. The van der Waals surface area contributed by atoms with Crippen LogP contribution in [0.25, 0.3) is 0 Å². The fourth-order valence-electron chi connectivity index (χ4n) is 3.90. The van der Waals surface area contributed by atoms with Crippen LogP contribution in [0.4, 0.5) is 5.69 Å². The van der Waals surface area contributed by atoms with Crippen molar-refractivity contribution in [1.29, 1.82) is 0 Å². The van der Waals surface area contributed by atoms with Crippen LogP contribution in [0.2, 0.25) is 0 Å². The lowest BCUT2D eigenvalue weighted by atomic mass is 9.94. The van der Waals surface area contributed by atoms with E-state index in [0.717, 1.165) is 25.9 Å². The van der Waals surface area contributed by atoms with E-state index in [-0.39, 0.29) is 36.0 Å². The molecule has 9 heteroatoms. The maximum Gasteiger partial charge on any atom is 0.272 e. The number of nitro benzene ring substituents is 1. The highest BCUT2D eigenvalue weighted by molar-refractivity contribution is 5.98. The van der Waals surface area contributed by atoms with E-state index < -0.39 is 11.0 Å². The van der Waals surface area contributed by atoms with Gasteiger partial charge in [0.1, 0.15) is 6.04 Å². The molecule has 2 amide bonds. The van der Waals surface area contributed by atoms with Gasteiger partial charge in [-0.25, -0.2) is 0 Å². The zero-order valence-corrected chi connectivity index (χ0v) is 17.0. The lowest BCUT2D eigenvalue weighted by Gasteiger charge is -2.32. The Hall–Kier alpha value is -2.19. The summed E-state index contributed by atoms with van der Waals surface area (Å²) in [5, 5.41) is 17.4. The van der Waals surface area contributed by atoms with Gasteiger partial charge in [0.05, 0.1) is 4.92 Å². The van der Waals surface area contributed by atoms with Gasteiger partial charge in [-0.05, 0) is 50.8 Å². The second-order valence-corrected chi connectivity index (χ2v) is 7.50. The monoisotopic (exact) mass is 410 g/mol. The summed E-state index contributed by atoms with van der Waals surface area (Å²) in [6.07, 6.45) is 2.42. The molecule has 2 fully saturated rings. The highest BCUT2D eigenvalue weighted by Crippen LogP contribution is 2.24. The smallest absolute Gasteiger partial charge is 0.272 e. The first-order valence-electron chi connectivity index (χ1n) is 9.45. The predicted molar refractivity (Wildman–Crippen MR) is 108 cm³/mol. The molecule has 2 saturated heterocycles. The molecule has 3 unspecified atom stereocenters. The molecular formula is C19H27ClN4O4. The summed E-state index contributed by atoms with van der Waals surface area (Å²) in [6.45, 7) is 5.96. The molecule has 0 aromatic heterocycles. The van der Waals surface area contributed by atoms with Gasteiger partial charge in [0.25, 0.3) is 11.6 Å². The average molecular weight is 411 g/mol. The number of hydrogen-bond acceptors (Lipinski definition) is 5. The zero-order chi connectivity index (χ0) is 19.6. The Morgan fingerprint density at radius 3 is 2.71 bits per heavy atom. The van der Waals surface area contributed by atoms with Gasteiger partial charge in [-0.1, -0.05) is 6.92 Å². The van der Waals surface area contributed by atoms with Crippen LogP contribution in [0.5, 0.6) is 0 Å². The van der Waals surface area contributed by atoms with Gasteiger partial charge in [-0.3, -0.25) is 19.7 Å². The first-order chi connectivity index (χ1) is 12.9. The number of likely N-dealkylation sites (tertiary alicyclic amines) is 1. The zero-order valence-electron chi connectivity index (χ0n) is 16.1. The van der Waals surface area contributed by atoms with Crippen molar-refractivity contribution in [2.24, 2.45) is 5.92 Å². The molecule has 0 radical (unpaired) electrons. The number of carbonyl (C=O) groups excluding carboxylic acids is 2. The summed E-state index contributed by atoms with van der Waals surface area (Å²) in [4.78, 5) is 37.8. The topological polar surface area (TPSA) is 105 Å². The first-order valence-corrected chi connectivity index (χ1v) is 9.45. The fraction of sp³-hybridized carbons (Fsp3) is 0.579. The minimum Gasteiger partial charge on any atom is -0.350 e. The SMILES string of the molecule is Cc1cc(C(=O)N2CCCC2C(=O)NC2CNCCC2C)ccc1[N+](=O)[O-].Cl. The van der Waals surface area contributed by atoms with E-state index in [0.29, 0.717) is 30.0 Å². The number of nitro groups is 1. The van der Waals surface area contributed by atoms with Gasteiger partial charge in [0.15, 0.2) is 0 Å². The predicted octanol–water partition coefficient (Wildman–Crippen LogP) is 2.04. The summed E-state index contributed by atoms with van der Waals surface area (Å²) in [5.41, 5.74) is 0.805. The number of nitrogens with zero attached hydrogens (tertiary/aromatic N) is 2. The largest absolute Gasteiger partial charge is 0.350 e. The molecule has 2 aliphatic rings. The Labute approximate surface area is 170 Å². The lowest BCUT2D eigenvalue weighted by molar-refractivity contribution is -0.385. The molecule has 1 aromatic carbocycles. The van der Waals surface area contributed by atoms with E-state index >= 15 is 0 Å². The molecule has 8 nitrogen and oxygen atoms in total. The van der Waals surface area contributed by atoms with E-state index in [4.69, 9.17) is 0 Å². The molecule has 2 heterocycles. The number of piperidine rings is 1. The third-order valence-electron chi connectivity index (χ3n) is 5.61. The van der Waals surface area contributed by atoms with Crippen LogP contribution in [0.3, 0.4) is 0 Å². The lowest BCUT2D eigenvalue weighted by Crippen LogP contribution is -2.55. The molecule has 1 aromatic rings. The van der Waals surface area contributed by atoms with Gasteiger partial charge in [-0.2, -0.15) is 0 Å². The molecule has 28 heavy (non-hydrogen) atoms. The van der Waals surface area contributed by atoms with Crippen molar-refractivity contribution in [3.05, 3.63) is 39.4 Å². The maximum atomic E-state index is 12.9. The summed E-state index contributed by atoms with van der Waals surface area (Å²) in [7, 11) is 0. The van der Waals surface area contributed by atoms with Gasteiger partial charge < -0.3 is 15.5 Å². The number of aryl methyl sites for hydroxylation is 1. The van der Waals surface area contributed by atoms with Crippen molar-refractivity contribution in [1.82, 2.24) is 15.5 Å². The quantitative estimate of drug-likeness (QED) is 0.583. The van der Waals surface area contributed by atoms with Gasteiger partial charge in [0, 0.05) is 36.3 Å². The minimum absolute atomic E-state index is 0. The molecule has 0 spiro atoms. The maximum absolute atomic E-state index is 12.9. The molecule has 2 N–H and O–H groups in total. The summed E-state index contributed by atoms with van der Waals surface area (Å²) in [5.74, 6) is 0.0403. The molecule has 154 valence electrons. The highest BCUT2D eigenvalue weighted by Gasteiger charge is 2.36. The van der Waals surface area contributed by atoms with E-state index in [1.54, 1.807) is 11.8 Å². The molecule has 3 rings (SSSR count). The Morgan fingerprint density at radius 2 is 2.07 bits per heavy atom. The van der Waals surface area contributed by atoms with Crippen LogP contribution >= 0.6 is 12.4 Å². The van der Waals surface area contributed by atoms with Crippen molar-refractivity contribution in [2.75, 3.05) is 19.6 Å². The van der Waals surface area contributed by atoms with E-state index in [1.165, 1.54) is 18.2 Å². The average Bonchev–Trinajstić information content (AvgIpc) is 3.12. The number of carbonyl (C=O) groups is 2. The summed E-state index contributed by atoms with van der Waals surface area (Å²) >= 11 is 0. The number of amides is 2. The Morgan fingerprint density at radius 1 is 1.32 bits per heavy atom. The molecule has 0 saturated carbocycles. The van der Waals surface area contributed by atoms with Crippen LogP contribution in [0.1, 0.15) is 42.1 Å².